The van der Waals surface area contributed by atoms with Crippen LogP contribution in [0, 0.1) is 0 Å². The summed E-state index contributed by atoms with van der Waals surface area (Å²) in [5, 5.41) is 0. The largest absolute Gasteiger partial charge is 0.372 e. The quantitative estimate of drug-likeness (QED) is 0.726. The van der Waals surface area contributed by atoms with Gasteiger partial charge >= 0.3 is 0 Å². The maximum Gasteiger partial charge on any atom is 0.236 e. The Balaban J connectivity index is 1.22. The molecule has 2 aliphatic rings. The van der Waals surface area contributed by atoms with Crippen LogP contribution >= 0.6 is 0 Å². The zero-order valence-corrected chi connectivity index (χ0v) is 18.1. The summed E-state index contributed by atoms with van der Waals surface area (Å²) in [6.07, 6.45) is 4.18. The summed E-state index contributed by atoms with van der Waals surface area (Å²) in [5.41, 5.74) is 1.15. The normalized spacial score (nSPS) is 23.6. The lowest BCUT2D eigenvalue weighted by Gasteiger charge is -2.38. The highest BCUT2D eigenvalue weighted by Gasteiger charge is 2.27. The summed E-state index contributed by atoms with van der Waals surface area (Å²) in [7, 11) is 0. The van der Waals surface area contributed by atoms with Crippen molar-refractivity contribution in [1.82, 2.24) is 24.3 Å². The fourth-order valence-corrected chi connectivity index (χ4v) is 4.43. The summed E-state index contributed by atoms with van der Waals surface area (Å²) in [5.74, 6) is 1.25. The standard InChI is InChI=1S/C23H33N5O2/c1-19-16-28(17-20(2)30-19)22(29)18-26-12-10-25(11-13-26)14-15-27-9-8-24-23(27)21-6-4-3-5-7-21/h3-9,19-20H,10-18H2,1-2H3. The number of benzene rings is 1. The fourth-order valence-electron chi connectivity index (χ4n) is 4.43. The number of aromatic nitrogens is 2. The van der Waals surface area contributed by atoms with E-state index in [1.165, 1.54) is 0 Å². The van der Waals surface area contributed by atoms with Gasteiger partial charge in [-0.25, -0.2) is 4.98 Å². The van der Waals surface area contributed by atoms with Crippen molar-refractivity contribution in [3.05, 3.63) is 42.7 Å². The van der Waals surface area contributed by atoms with Crippen LogP contribution in [-0.2, 0) is 16.1 Å². The first kappa shape index (κ1) is 21.0. The van der Waals surface area contributed by atoms with Gasteiger partial charge in [-0.2, -0.15) is 0 Å². The molecule has 2 unspecified atom stereocenters. The molecule has 0 N–H and O–H groups in total. The average molecular weight is 412 g/mol. The topological polar surface area (TPSA) is 53.8 Å². The second-order valence-corrected chi connectivity index (χ2v) is 8.48. The summed E-state index contributed by atoms with van der Waals surface area (Å²) in [6.45, 7) is 11.8. The molecule has 2 atom stereocenters. The van der Waals surface area contributed by atoms with Gasteiger partial charge in [-0.05, 0) is 13.8 Å². The molecular weight excluding hydrogens is 378 g/mol. The Hall–Kier alpha value is -2.22. The van der Waals surface area contributed by atoms with E-state index in [1.54, 1.807) is 0 Å². The highest BCUT2D eigenvalue weighted by molar-refractivity contribution is 5.78. The van der Waals surface area contributed by atoms with Crippen LogP contribution in [0.2, 0.25) is 0 Å². The van der Waals surface area contributed by atoms with E-state index in [0.717, 1.165) is 50.7 Å². The molecule has 3 heterocycles. The number of amides is 1. The molecule has 0 spiro atoms. The molecule has 2 saturated heterocycles. The van der Waals surface area contributed by atoms with Gasteiger partial charge in [0, 0.05) is 70.3 Å². The second kappa shape index (κ2) is 9.73. The first-order chi connectivity index (χ1) is 14.6. The smallest absolute Gasteiger partial charge is 0.236 e. The van der Waals surface area contributed by atoms with Crippen LogP contribution in [-0.4, -0.2) is 94.7 Å². The number of carbonyl (C=O) groups excluding carboxylic acids is 1. The molecule has 0 saturated carbocycles. The summed E-state index contributed by atoms with van der Waals surface area (Å²) >= 11 is 0. The average Bonchev–Trinajstić information content (AvgIpc) is 3.22. The van der Waals surface area contributed by atoms with Gasteiger partial charge in [0.15, 0.2) is 0 Å². The molecule has 1 aromatic carbocycles. The van der Waals surface area contributed by atoms with E-state index in [-0.39, 0.29) is 18.1 Å². The van der Waals surface area contributed by atoms with Crippen molar-refractivity contribution in [2.45, 2.75) is 32.6 Å². The monoisotopic (exact) mass is 411 g/mol. The third-order valence-corrected chi connectivity index (χ3v) is 6.00. The summed E-state index contributed by atoms with van der Waals surface area (Å²) in [6, 6.07) is 10.3. The minimum atomic E-state index is 0.124. The van der Waals surface area contributed by atoms with E-state index >= 15 is 0 Å². The van der Waals surface area contributed by atoms with Crippen molar-refractivity contribution in [3.8, 4) is 11.4 Å². The first-order valence-corrected chi connectivity index (χ1v) is 11.0. The van der Waals surface area contributed by atoms with Gasteiger partial charge in [0.25, 0.3) is 0 Å². The first-order valence-electron chi connectivity index (χ1n) is 11.0. The predicted molar refractivity (Wildman–Crippen MR) is 117 cm³/mol. The molecule has 2 aliphatic heterocycles. The number of nitrogens with zero attached hydrogens (tertiary/aromatic N) is 5. The second-order valence-electron chi connectivity index (χ2n) is 8.48. The Labute approximate surface area is 179 Å². The van der Waals surface area contributed by atoms with Crippen LogP contribution in [0.4, 0.5) is 0 Å². The Morgan fingerprint density at radius 2 is 1.67 bits per heavy atom. The molecule has 0 bridgehead atoms. The highest BCUT2D eigenvalue weighted by Crippen LogP contribution is 2.17. The highest BCUT2D eigenvalue weighted by atomic mass is 16.5. The Kier molecular flexibility index (Phi) is 6.82. The van der Waals surface area contributed by atoms with Crippen molar-refractivity contribution in [2.75, 3.05) is 52.4 Å². The van der Waals surface area contributed by atoms with Crippen molar-refractivity contribution in [1.29, 1.82) is 0 Å². The number of hydrogen-bond donors (Lipinski definition) is 0. The maximum absolute atomic E-state index is 12.7. The molecule has 30 heavy (non-hydrogen) atoms. The molecule has 1 aromatic heterocycles. The molecule has 0 radical (unpaired) electrons. The molecule has 2 aromatic rings. The number of piperazine rings is 1. The van der Waals surface area contributed by atoms with Gasteiger partial charge in [0.05, 0.1) is 18.8 Å². The predicted octanol–water partition coefficient (Wildman–Crippen LogP) is 1.80. The minimum Gasteiger partial charge on any atom is -0.372 e. The van der Waals surface area contributed by atoms with E-state index in [0.29, 0.717) is 19.6 Å². The van der Waals surface area contributed by atoms with Crippen LogP contribution in [0.1, 0.15) is 13.8 Å². The lowest BCUT2D eigenvalue weighted by Crippen LogP contribution is -2.54. The molecular formula is C23H33N5O2. The van der Waals surface area contributed by atoms with E-state index in [2.05, 4.69) is 37.7 Å². The van der Waals surface area contributed by atoms with Gasteiger partial charge in [-0.15, -0.1) is 0 Å². The maximum atomic E-state index is 12.7. The zero-order chi connectivity index (χ0) is 20.9. The number of hydrogen-bond acceptors (Lipinski definition) is 5. The van der Waals surface area contributed by atoms with Gasteiger partial charge in [0.1, 0.15) is 5.82 Å². The Bertz CT molecular complexity index is 806. The number of morpholine rings is 1. The van der Waals surface area contributed by atoms with Crippen molar-refractivity contribution in [3.63, 3.8) is 0 Å². The van der Waals surface area contributed by atoms with Crippen molar-refractivity contribution in [2.24, 2.45) is 0 Å². The van der Waals surface area contributed by atoms with Crippen molar-refractivity contribution < 1.29 is 9.53 Å². The molecule has 7 nitrogen and oxygen atoms in total. The molecule has 4 rings (SSSR count). The van der Waals surface area contributed by atoms with Gasteiger partial charge in [0.2, 0.25) is 5.91 Å². The Morgan fingerprint density at radius 1 is 1.00 bits per heavy atom. The van der Waals surface area contributed by atoms with Crippen molar-refractivity contribution >= 4 is 5.91 Å². The minimum absolute atomic E-state index is 0.124. The number of ether oxygens (including phenoxy) is 1. The summed E-state index contributed by atoms with van der Waals surface area (Å²) < 4.78 is 7.97. The third-order valence-electron chi connectivity index (χ3n) is 6.00. The van der Waals surface area contributed by atoms with Gasteiger partial charge in [-0.1, -0.05) is 30.3 Å². The fraction of sp³-hybridized carbons (Fsp3) is 0.565. The molecule has 162 valence electrons. The number of imidazole rings is 1. The number of rotatable bonds is 6. The number of carbonyl (C=O) groups is 1. The van der Waals surface area contributed by atoms with Crippen LogP contribution in [0.5, 0.6) is 0 Å². The van der Waals surface area contributed by atoms with E-state index in [9.17, 15) is 4.79 Å². The van der Waals surface area contributed by atoms with Crippen LogP contribution < -0.4 is 0 Å². The SMILES string of the molecule is CC1CN(C(=O)CN2CCN(CCn3ccnc3-c3ccccc3)CC2)CC(C)O1. The summed E-state index contributed by atoms with van der Waals surface area (Å²) in [4.78, 5) is 24.0. The lowest BCUT2D eigenvalue weighted by atomic mass is 10.2. The van der Waals surface area contributed by atoms with Crippen LogP contribution in [0.3, 0.4) is 0 Å². The third kappa shape index (κ3) is 5.28. The van der Waals surface area contributed by atoms with E-state index in [1.807, 2.05) is 43.1 Å². The van der Waals surface area contributed by atoms with Crippen LogP contribution in [0.15, 0.2) is 42.7 Å². The lowest BCUT2D eigenvalue weighted by molar-refractivity contribution is -0.144. The van der Waals surface area contributed by atoms with Gasteiger partial charge in [-0.3, -0.25) is 14.6 Å². The zero-order valence-electron chi connectivity index (χ0n) is 18.1. The van der Waals surface area contributed by atoms with E-state index < -0.39 is 0 Å². The van der Waals surface area contributed by atoms with E-state index in [4.69, 9.17) is 4.74 Å². The molecule has 2 fully saturated rings. The van der Waals surface area contributed by atoms with Gasteiger partial charge < -0.3 is 14.2 Å². The molecule has 0 aliphatic carbocycles. The molecule has 1 amide bonds. The molecule has 7 heteroatoms. The Morgan fingerprint density at radius 3 is 2.37 bits per heavy atom. The van der Waals surface area contributed by atoms with Crippen LogP contribution in [0.25, 0.3) is 11.4 Å².